The van der Waals surface area contributed by atoms with Crippen LogP contribution in [0, 0.1) is 10.1 Å². The molecule has 8 nitrogen and oxygen atoms in total. The van der Waals surface area contributed by atoms with Crippen molar-refractivity contribution >= 4 is 45.3 Å². The normalized spacial score (nSPS) is 19.8. The second kappa shape index (κ2) is 12.1. The molecule has 0 atom stereocenters. The van der Waals surface area contributed by atoms with Gasteiger partial charge in [-0.3, -0.25) is 14.9 Å². The lowest BCUT2D eigenvalue weighted by Gasteiger charge is -2.37. The first-order valence-electron chi connectivity index (χ1n) is 13.5. The van der Waals surface area contributed by atoms with Gasteiger partial charge in [0.25, 0.3) is 5.69 Å². The van der Waals surface area contributed by atoms with Crippen LogP contribution in [0.5, 0.6) is 0 Å². The number of alkyl halides is 3. The standard InChI is InChI=1S/C29H30ClF3N4O4/c30-25-10-12-26(23-4-2-1-3-22(23)25)35-13-15-36(16-14-35)28(38)18-41-21-8-5-19(6-9-21)34-20-7-11-27(37(39)40)24(17-20)29(31,32)33/h1-4,7,10-12,17,19,21,34H,5-6,8-9,13-16,18H2/t19-,21-. The topological polar surface area (TPSA) is 87.9 Å². The number of rotatable bonds is 7. The van der Waals surface area contributed by atoms with Crippen molar-refractivity contribution in [3.05, 3.63) is 75.3 Å². The molecule has 1 amide bonds. The van der Waals surface area contributed by atoms with E-state index < -0.39 is 22.4 Å². The summed E-state index contributed by atoms with van der Waals surface area (Å²) in [6.45, 7) is 2.57. The number of nitro benzene ring substituents is 1. The van der Waals surface area contributed by atoms with Crippen molar-refractivity contribution in [3.63, 3.8) is 0 Å². The SMILES string of the molecule is O=C(CO[C@H]1CC[C@H](Nc2ccc([N+](=O)[O-])c(C(F)(F)F)c2)CC1)N1CCN(c2ccc(Cl)c3ccccc23)CC1. The number of fused-ring (bicyclic) bond motifs is 1. The van der Waals surface area contributed by atoms with Crippen molar-refractivity contribution in [1.29, 1.82) is 0 Å². The van der Waals surface area contributed by atoms with Gasteiger partial charge in [-0.05, 0) is 49.9 Å². The predicted molar refractivity (Wildman–Crippen MR) is 151 cm³/mol. The van der Waals surface area contributed by atoms with Crippen LogP contribution in [0.2, 0.25) is 5.02 Å². The van der Waals surface area contributed by atoms with Gasteiger partial charge in [0.15, 0.2) is 0 Å². The third-order valence-corrected chi connectivity index (χ3v) is 8.14. The van der Waals surface area contributed by atoms with Gasteiger partial charge in [0.05, 0.1) is 11.0 Å². The molecule has 5 rings (SSSR count). The minimum absolute atomic E-state index is 0.00999. The Bertz CT molecular complexity index is 1420. The maximum absolute atomic E-state index is 13.3. The number of nitro groups is 1. The summed E-state index contributed by atoms with van der Waals surface area (Å²) in [6.07, 6.45) is -2.34. The number of hydrogen-bond acceptors (Lipinski definition) is 6. The highest BCUT2D eigenvalue weighted by Gasteiger charge is 2.38. The van der Waals surface area contributed by atoms with Gasteiger partial charge in [-0.1, -0.05) is 35.9 Å². The van der Waals surface area contributed by atoms with Crippen molar-refractivity contribution in [3.8, 4) is 0 Å². The van der Waals surface area contributed by atoms with Gasteiger partial charge in [-0.25, -0.2) is 0 Å². The van der Waals surface area contributed by atoms with Gasteiger partial charge < -0.3 is 19.9 Å². The number of piperazine rings is 1. The van der Waals surface area contributed by atoms with Crippen LogP contribution in [-0.2, 0) is 15.7 Å². The number of halogens is 4. The third kappa shape index (κ3) is 6.68. The highest BCUT2D eigenvalue weighted by atomic mass is 35.5. The lowest BCUT2D eigenvalue weighted by Crippen LogP contribution is -2.50. The van der Waals surface area contributed by atoms with Crippen LogP contribution in [0.4, 0.5) is 30.2 Å². The summed E-state index contributed by atoms with van der Waals surface area (Å²) in [5, 5.41) is 16.8. The molecule has 1 N–H and O–H groups in total. The zero-order valence-electron chi connectivity index (χ0n) is 22.2. The lowest BCUT2D eigenvalue weighted by atomic mass is 9.92. The van der Waals surface area contributed by atoms with Crippen LogP contribution in [0.15, 0.2) is 54.6 Å². The number of benzene rings is 3. The van der Waals surface area contributed by atoms with Crippen LogP contribution in [-0.4, -0.2) is 60.7 Å². The van der Waals surface area contributed by atoms with Crippen LogP contribution >= 0.6 is 11.6 Å². The zero-order chi connectivity index (χ0) is 29.1. The van der Waals surface area contributed by atoms with E-state index >= 15 is 0 Å². The molecule has 0 unspecified atom stereocenters. The van der Waals surface area contributed by atoms with E-state index in [1.54, 1.807) is 0 Å². The fraction of sp³-hybridized carbons (Fsp3) is 0.414. The van der Waals surface area contributed by atoms with Gasteiger partial charge in [0.1, 0.15) is 12.2 Å². The van der Waals surface area contributed by atoms with Crippen molar-refractivity contribution in [2.75, 3.05) is 43.0 Å². The average molecular weight is 591 g/mol. The molecule has 0 bridgehead atoms. The van der Waals surface area contributed by atoms with E-state index in [2.05, 4.69) is 16.3 Å². The number of carbonyl (C=O) groups excluding carboxylic acids is 1. The monoisotopic (exact) mass is 590 g/mol. The Morgan fingerprint density at radius 3 is 2.34 bits per heavy atom. The van der Waals surface area contributed by atoms with E-state index in [0.717, 1.165) is 28.6 Å². The Morgan fingerprint density at radius 1 is 1.00 bits per heavy atom. The number of nitrogens with zero attached hydrogens (tertiary/aromatic N) is 3. The molecular weight excluding hydrogens is 561 g/mol. The molecule has 0 radical (unpaired) electrons. The summed E-state index contributed by atoms with van der Waals surface area (Å²) >= 11 is 6.36. The van der Waals surface area contributed by atoms with Crippen molar-refractivity contribution in [1.82, 2.24) is 4.90 Å². The first-order chi connectivity index (χ1) is 19.6. The highest BCUT2D eigenvalue weighted by Crippen LogP contribution is 2.38. The number of amides is 1. The maximum Gasteiger partial charge on any atom is 0.423 e. The molecule has 1 aliphatic heterocycles. The fourth-order valence-corrected chi connectivity index (χ4v) is 5.85. The van der Waals surface area contributed by atoms with Crippen LogP contribution in [0.3, 0.4) is 0 Å². The minimum Gasteiger partial charge on any atom is -0.382 e. The summed E-state index contributed by atoms with van der Waals surface area (Å²) in [5.74, 6) is -0.0589. The molecule has 1 saturated heterocycles. The molecule has 1 heterocycles. The molecular formula is C29H30ClF3N4O4. The second-order valence-electron chi connectivity index (χ2n) is 10.4. The highest BCUT2D eigenvalue weighted by molar-refractivity contribution is 6.36. The summed E-state index contributed by atoms with van der Waals surface area (Å²) in [5.41, 5.74) is -0.953. The molecule has 0 spiro atoms. The van der Waals surface area contributed by atoms with Gasteiger partial charge in [0, 0.05) is 65.5 Å². The molecule has 0 aromatic heterocycles. The zero-order valence-corrected chi connectivity index (χ0v) is 23.0. The van der Waals surface area contributed by atoms with Crippen LogP contribution < -0.4 is 10.2 Å². The predicted octanol–water partition coefficient (Wildman–Crippen LogP) is 6.51. The number of anilines is 2. The van der Waals surface area contributed by atoms with Gasteiger partial charge >= 0.3 is 6.18 Å². The summed E-state index contributed by atoms with van der Waals surface area (Å²) < 4.78 is 45.8. The molecule has 41 heavy (non-hydrogen) atoms. The van der Waals surface area contributed by atoms with Crippen LogP contribution in [0.1, 0.15) is 31.2 Å². The van der Waals surface area contributed by atoms with E-state index in [4.69, 9.17) is 16.3 Å². The molecule has 2 fully saturated rings. The third-order valence-electron chi connectivity index (χ3n) is 7.81. The summed E-state index contributed by atoms with van der Waals surface area (Å²) in [4.78, 5) is 26.9. The maximum atomic E-state index is 13.3. The number of nitrogens with one attached hydrogen (secondary N) is 1. The number of hydrogen-bond donors (Lipinski definition) is 1. The summed E-state index contributed by atoms with van der Waals surface area (Å²) in [7, 11) is 0. The first kappa shape index (κ1) is 28.9. The van der Waals surface area contributed by atoms with Crippen molar-refractivity contribution < 1.29 is 27.6 Å². The average Bonchev–Trinajstić information content (AvgIpc) is 2.96. The van der Waals surface area contributed by atoms with Gasteiger partial charge in [-0.15, -0.1) is 0 Å². The Labute approximate surface area is 240 Å². The quantitative estimate of drug-likeness (QED) is 0.249. The smallest absolute Gasteiger partial charge is 0.382 e. The van der Waals surface area contributed by atoms with E-state index in [1.807, 2.05) is 35.2 Å². The van der Waals surface area contributed by atoms with Crippen LogP contribution in [0.25, 0.3) is 10.8 Å². The lowest BCUT2D eigenvalue weighted by molar-refractivity contribution is -0.388. The van der Waals surface area contributed by atoms with Crippen molar-refractivity contribution in [2.24, 2.45) is 0 Å². The van der Waals surface area contributed by atoms with Gasteiger partial charge in [0.2, 0.25) is 5.91 Å². The number of ether oxygens (including phenoxy) is 1. The van der Waals surface area contributed by atoms with E-state index in [0.29, 0.717) is 56.9 Å². The molecule has 12 heteroatoms. The Morgan fingerprint density at radius 2 is 1.68 bits per heavy atom. The van der Waals surface area contributed by atoms with E-state index in [1.165, 1.54) is 6.07 Å². The molecule has 218 valence electrons. The molecule has 1 saturated carbocycles. The Kier molecular flexibility index (Phi) is 8.55. The molecule has 2 aliphatic rings. The second-order valence-corrected chi connectivity index (χ2v) is 10.8. The molecule has 3 aromatic carbocycles. The van der Waals surface area contributed by atoms with E-state index in [9.17, 15) is 28.1 Å². The Hall–Kier alpha value is -3.57. The molecule has 1 aliphatic carbocycles. The molecule has 3 aromatic rings. The Balaban J connectivity index is 1.07. The van der Waals surface area contributed by atoms with Crippen molar-refractivity contribution in [2.45, 2.75) is 44.0 Å². The minimum atomic E-state index is -4.82. The van der Waals surface area contributed by atoms with Gasteiger partial charge in [-0.2, -0.15) is 13.2 Å². The first-order valence-corrected chi connectivity index (χ1v) is 13.9. The summed E-state index contributed by atoms with van der Waals surface area (Å²) in [6, 6.07) is 14.8. The van der Waals surface area contributed by atoms with E-state index in [-0.39, 0.29) is 30.3 Å². The largest absolute Gasteiger partial charge is 0.423 e. The number of carbonyl (C=O) groups is 1. The fourth-order valence-electron chi connectivity index (χ4n) is 5.62.